The number of piperazine rings is 2. The molecule has 2 saturated heterocycles. The summed E-state index contributed by atoms with van der Waals surface area (Å²) in [6, 6.07) is 29.0. The van der Waals surface area contributed by atoms with Crippen molar-refractivity contribution in [2.24, 2.45) is 0 Å². The van der Waals surface area contributed by atoms with Crippen LogP contribution in [0.15, 0.2) is 84.9 Å². The number of hydrogen-bond donors (Lipinski definition) is 0. The molecule has 5 nitrogen and oxygen atoms in total. The van der Waals surface area contributed by atoms with Crippen LogP contribution in [0.5, 0.6) is 0 Å². The number of nitrogens with zero attached hydrogens (tertiary/aromatic N) is 3. The standard InChI is InChI=1S/C29H27N3O2S/c33-28-20-31(18-25-16-24-8-4-5-9-27(24)35-25)29(34)26-19-30(14-15-32(26)28)17-21-10-12-23(13-11-21)22-6-2-1-3-7-22/h1-13,16,26H,14-15,17-20H2. The van der Waals surface area contributed by atoms with E-state index in [0.717, 1.165) is 18.0 Å². The number of benzene rings is 3. The first-order valence-corrected chi connectivity index (χ1v) is 12.9. The molecule has 0 N–H and O–H groups in total. The second kappa shape index (κ2) is 9.29. The number of rotatable bonds is 5. The molecule has 1 atom stereocenters. The summed E-state index contributed by atoms with van der Waals surface area (Å²) < 4.78 is 1.21. The van der Waals surface area contributed by atoms with E-state index < -0.39 is 6.04 Å². The molecule has 6 rings (SSSR count). The van der Waals surface area contributed by atoms with Gasteiger partial charge >= 0.3 is 0 Å². The fourth-order valence-corrected chi connectivity index (χ4v) is 6.24. The summed E-state index contributed by atoms with van der Waals surface area (Å²) in [4.78, 5) is 33.3. The predicted octanol–water partition coefficient (Wildman–Crippen LogP) is 4.62. The number of carbonyl (C=O) groups excluding carboxylic acids is 2. The predicted molar refractivity (Wildman–Crippen MR) is 140 cm³/mol. The van der Waals surface area contributed by atoms with Gasteiger partial charge < -0.3 is 9.80 Å². The molecule has 3 aromatic carbocycles. The largest absolute Gasteiger partial charge is 0.327 e. The van der Waals surface area contributed by atoms with E-state index in [4.69, 9.17) is 0 Å². The molecule has 2 fully saturated rings. The van der Waals surface area contributed by atoms with Crippen LogP contribution in [0.25, 0.3) is 21.2 Å². The average Bonchev–Trinajstić information content (AvgIpc) is 3.30. The maximum Gasteiger partial charge on any atom is 0.247 e. The lowest BCUT2D eigenvalue weighted by atomic mass is 10.0. The van der Waals surface area contributed by atoms with Crippen LogP contribution in [0.1, 0.15) is 10.4 Å². The highest BCUT2D eigenvalue weighted by Crippen LogP contribution is 2.28. The van der Waals surface area contributed by atoms with Crippen molar-refractivity contribution >= 4 is 33.2 Å². The van der Waals surface area contributed by atoms with Crippen LogP contribution in [0.3, 0.4) is 0 Å². The smallest absolute Gasteiger partial charge is 0.247 e. The minimum absolute atomic E-state index is 0.0579. The summed E-state index contributed by atoms with van der Waals surface area (Å²) in [5.74, 6) is 0.119. The van der Waals surface area contributed by atoms with Gasteiger partial charge in [0.1, 0.15) is 12.6 Å². The van der Waals surface area contributed by atoms with Gasteiger partial charge in [-0.1, -0.05) is 72.8 Å². The van der Waals surface area contributed by atoms with Gasteiger partial charge in [0.15, 0.2) is 0 Å². The minimum Gasteiger partial charge on any atom is -0.327 e. The highest BCUT2D eigenvalue weighted by atomic mass is 32.1. The molecular weight excluding hydrogens is 454 g/mol. The Bertz CT molecular complexity index is 1330. The van der Waals surface area contributed by atoms with Crippen LogP contribution in [-0.4, -0.2) is 58.7 Å². The molecule has 6 heteroatoms. The Balaban J connectivity index is 1.13. The average molecular weight is 482 g/mol. The lowest BCUT2D eigenvalue weighted by molar-refractivity contribution is -0.160. The highest BCUT2D eigenvalue weighted by molar-refractivity contribution is 7.19. The van der Waals surface area contributed by atoms with E-state index in [-0.39, 0.29) is 18.4 Å². The molecule has 176 valence electrons. The lowest BCUT2D eigenvalue weighted by Crippen LogP contribution is -2.66. The van der Waals surface area contributed by atoms with E-state index >= 15 is 0 Å². The normalized spacial score (nSPS) is 18.8. The van der Waals surface area contributed by atoms with E-state index in [1.54, 1.807) is 21.1 Å². The molecule has 0 aliphatic carbocycles. The molecule has 0 bridgehead atoms. The highest BCUT2D eigenvalue weighted by Gasteiger charge is 2.42. The van der Waals surface area contributed by atoms with Gasteiger partial charge in [-0.05, 0) is 34.2 Å². The lowest BCUT2D eigenvalue weighted by Gasteiger charge is -2.46. The second-order valence-electron chi connectivity index (χ2n) is 9.35. The summed E-state index contributed by atoms with van der Waals surface area (Å²) in [5.41, 5.74) is 3.62. The third kappa shape index (κ3) is 4.47. The van der Waals surface area contributed by atoms with Crippen molar-refractivity contribution in [2.45, 2.75) is 19.1 Å². The van der Waals surface area contributed by atoms with Crippen molar-refractivity contribution in [3.05, 3.63) is 95.4 Å². The topological polar surface area (TPSA) is 43.9 Å². The first-order valence-electron chi connectivity index (χ1n) is 12.1. The molecule has 3 heterocycles. The zero-order valence-electron chi connectivity index (χ0n) is 19.5. The summed E-state index contributed by atoms with van der Waals surface area (Å²) >= 11 is 1.70. The van der Waals surface area contributed by atoms with Crippen LogP contribution >= 0.6 is 11.3 Å². The Morgan fingerprint density at radius 1 is 0.800 bits per heavy atom. The van der Waals surface area contributed by atoms with Gasteiger partial charge in [-0.25, -0.2) is 0 Å². The van der Waals surface area contributed by atoms with Gasteiger partial charge in [0.05, 0.1) is 6.54 Å². The molecule has 2 amide bonds. The number of fused-ring (bicyclic) bond motifs is 2. The SMILES string of the molecule is O=C1C2CN(Cc3ccc(-c4ccccc4)cc3)CCN2C(=O)CN1Cc1cc2ccccc2s1. The quantitative estimate of drug-likeness (QED) is 0.418. The van der Waals surface area contributed by atoms with Crippen LogP contribution in [-0.2, 0) is 22.7 Å². The maximum atomic E-state index is 13.4. The Kier molecular flexibility index (Phi) is 5.84. The van der Waals surface area contributed by atoms with Crippen molar-refractivity contribution in [1.29, 1.82) is 0 Å². The summed E-state index contributed by atoms with van der Waals surface area (Å²) in [5, 5.41) is 1.19. The zero-order valence-corrected chi connectivity index (χ0v) is 20.3. The van der Waals surface area contributed by atoms with Gasteiger partial charge in [0, 0.05) is 35.8 Å². The van der Waals surface area contributed by atoms with Gasteiger partial charge in [0.25, 0.3) is 0 Å². The molecule has 1 unspecified atom stereocenters. The molecule has 0 saturated carbocycles. The molecule has 2 aliphatic heterocycles. The molecule has 1 aromatic heterocycles. The minimum atomic E-state index is -0.400. The van der Waals surface area contributed by atoms with Crippen molar-refractivity contribution in [1.82, 2.24) is 14.7 Å². The van der Waals surface area contributed by atoms with Crippen LogP contribution in [0.2, 0.25) is 0 Å². The van der Waals surface area contributed by atoms with Gasteiger partial charge in [0.2, 0.25) is 11.8 Å². The molecule has 0 spiro atoms. The molecule has 0 radical (unpaired) electrons. The summed E-state index contributed by atoms with van der Waals surface area (Å²) in [7, 11) is 0. The Morgan fingerprint density at radius 3 is 2.34 bits per heavy atom. The Hall–Kier alpha value is -3.48. The van der Waals surface area contributed by atoms with Gasteiger partial charge in [-0.3, -0.25) is 14.5 Å². The first kappa shape index (κ1) is 22.0. The third-order valence-electron chi connectivity index (χ3n) is 7.00. The van der Waals surface area contributed by atoms with Gasteiger partial charge in [-0.2, -0.15) is 0 Å². The van der Waals surface area contributed by atoms with Crippen molar-refractivity contribution < 1.29 is 9.59 Å². The fourth-order valence-electron chi connectivity index (χ4n) is 5.16. The number of thiophene rings is 1. The Morgan fingerprint density at radius 2 is 1.54 bits per heavy atom. The fraction of sp³-hybridized carbons (Fsp3) is 0.241. The maximum absolute atomic E-state index is 13.4. The van der Waals surface area contributed by atoms with E-state index in [2.05, 4.69) is 71.6 Å². The van der Waals surface area contributed by atoms with E-state index in [1.807, 2.05) is 18.2 Å². The third-order valence-corrected chi connectivity index (χ3v) is 8.10. The number of hydrogen-bond acceptors (Lipinski definition) is 4. The zero-order chi connectivity index (χ0) is 23.8. The van der Waals surface area contributed by atoms with E-state index in [0.29, 0.717) is 19.6 Å². The van der Waals surface area contributed by atoms with E-state index in [1.165, 1.54) is 26.8 Å². The molecule has 2 aliphatic rings. The van der Waals surface area contributed by atoms with Gasteiger partial charge in [-0.15, -0.1) is 11.3 Å². The first-order chi connectivity index (χ1) is 17.1. The molecule has 4 aromatic rings. The molecular formula is C29H27N3O2S. The van der Waals surface area contributed by atoms with Crippen LogP contribution in [0, 0.1) is 0 Å². The van der Waals surface area contributed by atoms with Crippen molar-refractivity contribution in [3.8, 4) is 11.1 Å². The van der Waals surface area contributed by atoms with Crippen molar-refractivity contribution in [3.63, 3.8) is 0 Å². The van der Waals surface area contributed by atoms with Crippen molar-refractivity contribution in [2.75, 3.05) is 26.2 Å². The summed E-state index contributed by atoms with van der Waals surface area (Å²) in [6.45, 7) is 3.41. The van der Waals surface area contributed by atoms with Crippen LogP contribution in [0.4, 0.5) is 0 Å². The number of carbonyl (C=O) groups is 2. The number of amides is 2. The monoisotopic (exact) mass is 481 g/mol. The summed E-state index contributed by atoms with van der Waals surface area (Å²) in [6.07, 6.45) is 0. The second-order valence-corrected chi connectivity index (χ2v) is 10.5. The van der Waals surface area contributed by atoms with Crippen LogP contribution < -0.4 is 0 Å². The van der Waals surface area contributed by atoms with E-state index in [9.17, 15) is 9.59 Å². The molecule has 35 heavy (non-hydrogen) atoms. The Labute approximate surface area is 209 Å².